The monoisotopic (exact) mass is 518 g/mol. The highest BCUT2D eigenvalue weighted by atomic mass is 19.1. The Morgan fingerprint density at radius 3 is 2.64 bits per heavy atom. The Bertz CT molecular complexity index is 1790. The number of aromatic nitrogens is 5. The Morgan fingerprint density at radius 2 is 1.74 bits per heavy atom. The molecular weight excluding hydrogens is 491 g/mol. The zero-order valence-electron chi connectivity index (χ0n) is 21.3. The van der Waals surface area contributed by atoms with Crippen LogP contribution in [-0.2, 0) is 0 Å². The molecule has 0 saturated carbocycles. The smallest absolute Gasteiger partial charge is 0.138 e. The molecule has 0 bridgehead atoms. The standard InChI is InChI=1S/C31H27FN6O/c32-26-6-2-1-5-23(26)30-25-17-29(35-27(25)9-10-34-30)31-24-16-20(7-8-28(24)36-37-31)21-15-22(19-33-18-21)39-14-13-38-11-3-4-12-38/h1-2,5-10,15-19,35H,3-4,11-14H2,(H,36,37). The van der Waals surface area contributed by atoms with Crippen molar-refractivity contribution in [3.05, 3.63) is 85.1 Å². The molecule has 8 heteroatoms. The first kappa shape index (κ1) is 23.5. The van der Waals surface area contributed by atoms with E-state index in [9.17, 15) is 4.39 Å². The molecule has 0 amide bonds. The number of pyridine rings is 2. The maximum absolute atomic E-state index is 14.6. The largest absolute Gasteiger partial charge is 0.491 e. The molecule has 5 heterocycles. The summed E-state index contributed by atoms with van der Waals surface area (Å²) in [5, 5.41) is 9.57. The maximum Gasteiger partial charge on any atom is 0.138 e. The van der Waals surface area contributed by atoms with E-state index in [1.54, 1.807) is 24.5 Å². The van der Waals surface area contributed by atoms with Crippen LogP contribution in [0.25, 0.3) is 55.6 Å². The number of rotatable bonds is 7. The Kier molecular flexibility index (Phi) is 6.01. The molecule has 0 unspecified atom stereocenters. The third-order valence-corrected chi connectivity index (χ3v) is 7.42. The van der Waals surface area contributed by atoms with Gasteiger partial charge in [0.15, 0.2) is 0 Å². The minimum absolute atomic E-state index is 0.300. The average Bonchev–Trinajstić information content (AvgIpc) is 3.73. The van der Waals surface area contributed by atoms with Gasteiger partial charge in [-0.2, -0.15) is 5.10 Å². The third kappa shape index (κ3) is 4.53. The van der Waals surface area contributed by atoms with Gasteiger partial charge in [-0.3, -0.25) is 20.0 Å². The quantitative estimate of drug-likeness (QED) is 0.254. The molecule has 2 aromatic carbocycles. The zero-order chi connectivity index (χ0) is 26.2. The first-order valence-corrected chi connectivity index (χ1v) is 13.2. The molecule has 1 fully saturated rings. The summed E-state index contributed by atoms with van der Waals surface area (Å²) in [5.41, 5.74) is 6.47. The number of benzene rings is 2. The molecule has 7 rings (SSSR count). The summed E-state index contributed by atoms with van der Waals surface area (Å²) in [6, 6.07) is 18.8. The number of likely N-dealkylation sites (tertiary alicyclic amines) is 1. The van der Waals surface area contributed by atoms with E-state index in [-0.39, 0.29) is 5.82 Å². The topological polar surface area (TPSA) is 82.7 Å². The third-order valence-electron chi connectivity index (χ3n) is 7.42. The highest BCUT2D eigenvalue weighted by Crippen LogP contribution is 2.35. The van der Waals surface area contributed by atoms with Crippen LogP contribution in [0.2, 0.25) is 0 Å². The normalized spacial score (nSPS) is 14.0. The number of aromatic amines is 2. The van der Waals surface area contributed by atoms with Crippen LogP contribution in [0, 0.1) is 5.82 Å². The number of hydrogen-bond donors (Lipinski definition) is 2. The maximum atomic E-state index is 14.6. The van der Waals surface area contributed by atoms with Crippen LogP contribution < -0.4 is 4.74 Å². The van der Waals surface area contributed by atoms with Gasteiger partial charge in [-0.15, -0.1) is 0 Å². The molecule has 0 spiro atoms. The van der Waals surface area contributed by atoms with E-state index in [1.165, 1.54) is 18.9 Å². The predicted molar refractivity (Wildman–Crippen MR) is 151 cm³/mol. The molecule has 7 nitrogen and oxygen atoms in total. The zero-order valence-corrected chi connectivity index (χ0v) is 21.3. The van der Waals surface area contributed by atoms with Gasteiger partial charge < -0.3 is 9.72 Å². The molecule has 0 radical (unpaired) electrons. The van der Waals surface area contributed by atoms with Crippen LogP contribution in [0.1, 0.15) is 12.8 Å². The van der Waals surface area contributed by atoms with E-state index in [4.69, 9.17) is 4.74 Å². The number of fused-ring (bicyclic) bond motifs is 2. The van der Waals surface area contributed by atoms with Crippen LogP contribution in [0.3, 0.4) is 0 Å². The van der Waals surface area contributed by atoms with Gasteiger partial charge in [0.1, 0.15) is 23.9 Å². The van der Waals surface area contributed by atoms with E-state index < -0.39 is 0 Å². The molecular formula is C31H27FN6O. The summed E-state index contributed by atoms with van der Waals surface area (Å²) < 4.78 is 20.6. The molecule has 1 aliphatic rings. The second-order valence-electron chi connectivity index (χ2n) is 9.92. The summed E-state index contributed by atoms with van der Waals surface area (Å²) in [6.45, 7) is 3.91. The fourth-order valence-electron chi connectivity index (χ4n) is 5.40. The minimum Gasteiger partial charge on any atom is -0.491 e. The van der Waals surface area contributed by atoms with E-state index in [0.29, 0.717) is 17.9 Å². The minimum atomic E-state index is -0.300. The number of nitrogens with one attached hydrogen (secondary N) is 2. The van der Waals surface area contributed by atoms with Crippen molar-refractivity contribution in [1.82, 2.24) is 30.0 Å². The van der Waals surface area contributed by atoms with Crippen molar-refractivity contribution in [3.8, 4) is 39.5 Å². The van der Waals surface area contributed by atoms with Crippen molar-refractivity contribution in [1.29, 1.82) is 0 Å². The summed E-state index contributed by atoms with van der Waals surface area (Å²) in [7, 11) is 0. The molecule has 2 N–H and O–H groups in total. The van der Waals surface area contributed by atoms with Crippen molar-refractivity contribution in [3.63, 3.8) is 0 Å². The Morgan fingerprint density at radius 1 is 0.872 bits per heavy atom. The lowest BCUT2D eigenvalue weighted by molar-refractivity contribution is 0.237. The SMILES string of the molecule is Fc1ccccc1-c1nccc2[nH]c(-c3n[nH]c4ccc(-c5cncc(OCCN6CCCC6)c5)cc34)cc12. The second-order valence-corrected chi connectivity index (χ2v) is 9.92. The van der Waals surface area contributed by atoms with Gasteiger partial charge in [-0.25, -0.2) is 4.39 Å². The lowest BCUT2D eigenvalue weighted by atomic mass is 10.0. The van der Waals surface area contributed by atoms with Crippen molar-refractivity contribution < 1.29 is 9.13 Å². The second kappa shape index (κ2) is 9.96. The first-order chi connectivity index (χ1) is 19.2. The average molecular weight is 519 g/mol. The summed E-state index contributed by atoms with van der Waals surface area (Å²) in [6.07, 6.45) is 7.86. The van der Waals surface area contributed by atoms with E-state index in [0.717, 1.165) is 69.7 Å². The van der Waals surface area contributed by atoms with Gasteiger partial charge in [-0.05, 0) is 74.0 Å². The molecule has 1 saturated heterocycles. The number of ether oxygens (including phenoxy) is 1. The molecule has 0 atom stereocenters. The Balaban J connectivity index is 1.21. The number of nitrogens with zero attached hydrogens (tertiary/aromatic N) is 4. The highest BCUT2D eigenvalue weighted by molar-refractivity contribution is 6.00. The molecule has 6 aromatic rings. The molecule has 0 aliphatic carbocycles. The van der Waals surface area contributed by atoms with E-state index in [1.807, 2.05) is 36.5 Å². The van der Waals surface area contributed by atoms with Crippen molar-refractivity contribution >= 4 is 21.8 Å². The van der Waals surface area contributed by atoms with Gasteiger partial charge in [0.25, 0.3) is 0 Å². The van der Waals surface area contributed by atoms with Gasteiger partial charge in [0.05, 0.1) is 23.1 Å². The highest BCUT2D eigenvalue weighted by Gasteiger charge is 2.17. The van der Waals surface area contributed by atoms with Gasteiger partial charge >= 0.3 is 0 Å². The predicted octanol–water partition coefficient (Wildman–Crippen LogP) is 6.45. The Hall–Kier alpha value is -4.56. The number of H-pyrrole nitrogens is 2. The molecule has 1 aliphatic heterocycles. The fraction of sp³-hybridized carbons (Fsp3) is 0.194. The molecule has 194 valence electrons. The fourth-order valence-corrected chi connectivity index (χ4v) is 5.40. The first-order valence-electron chi connectivity index (χ1n) is 13.2. The summed E-state index contributed by atoms with van der Waals surface area (Å²) in [5.74, 6) is 0.467. The van der Waals surface area contributed by atoms with Crippen LogP contribution in [0.5, 0.6) is 5.75 Å². The molecule has 39 heavy (non-hydrogen) atoms. The number of hydrogen-bond acceptors (Lipinski definition) is 5. The van der Waals surface area contributed by atoms with Gasteiger partial charge in [0.2, 0.25) is 0 Å². The van der Waals surface area contributed by atoms with E-state index >= 15 is 0 Å². The summed E-state index contributed by atoms with van der Waals surface area (Å²) >= 11 is 0. The van der Waals surface area contributed by atoms with Crippen molar-refractivity contribution in [2.75, 3.05) is 26.2 Å². The van der Waals surface area contributed by atoms with Gasteiger partial charge in [0, 0.05) is 46.4 Å². The molecule has 4 aromatic heterocycles. The summed E-state index contributed by atoms with van der Waals surface area (Å²) in [4.78, 5) is 14.8. The van der Waals surface area contributed by atoms with E-state index in [2.05, 4.69) is 42.2 Å². The van der Waals surface area contributed by atoms with Crippen molar-refractivity contribution in [2.45, 2.75) is 12.8 Å². The van der Waals surface area contributed by atoms with Crippen LogP contribution in [0.4, 0.5) is 4.39 Å². The lowest BCUT2D eigenvalue weighted by Crippen LogP contribution is -2.25. The van der Waals surface area contributed by atoms with Crippen LogP contribution in [-0.4, -0.2) is 56.3 Å². The number of halogens is 1. The van der Waals surface area contributed by atoms with Gasteiger partial charge in [-0.1, -0.05) is 18.2 Å². The van der Waals surface area contributed by atoms with Crippen LogP contribution >= 0.6 is 0 Å². The Labute approximate surface area is 224 Å². The lowest BCUT2D eigenvalue weighted by Gasteiger charge is -2.15. The van der Waals surface area contributed by atoms with Crippen LogP contribution in [0.15, 0.2) is 79.3 Å². The van der Waals surface area contributed by atoms with Crippen molar-refractivity contribution in [2.24, 2.45) is 0 Å².